The Kier molecular flexibility index (Phi) is 5.33. The molecular weight excluding hydrogens is 276 g/mol. The zero-order valence-electron chi connectivity index (χ0n) is 12.2. The van der Waals surface area contributed by atoms with Crippen molar-refractivity contribution in [2.75, 3.05) is 11.9 Å². The zero-order chi connectivity index (χ0) is 15.8. The quantitative estimate of drug-likeness (QED) is 0.856. The highest BCUT2D eigenvalue weighted by atomic mass is 16.5. The molecule has 0 unspecified atom stereocenters. The Labute approximate surface area is 129 Å². The second-order valence-corrected chi connectivity index (χ2v) is 4.52. The molecule has 1 amide bonds. The molecule has 4 nitrogen and oxygen atoms in total. The second kappa shape index (κ2) is 7.65. The molecule has 110 valence electrons. The number of nitrogens with one attached hydrogen (secondary N) is 1. The molecule has 22 heavy (non-hydrogen) atoms. The Morgan fingerprint density at radius 1 is 1.27 bits per heavy atom. The molecule has 0 saturated carbocycles. The molecule has 0 heterocycles. The van der Waals surface area contributed by atoms with E-state index in [4.69, 9.17) is 10.00 Å². The summed E-state index contributed by atoms with van der Waals surface area (Å²) in [7, 11) is 0. The van der Waals surface area contributed by atoms with Gasteiger partial charge in [-0.15, -0.1) is 0 Å². The van der Waals surface area contributed by atoms with Crippen molar-refractivity contribution >= 4 is 17.7 Å². The average molecular weight is 292 g/mol. The highest BCUT2D eigenvalue weighted by molar-refractivity contribution is 6.02. The predicted molar refractivity (Wildman–Crippen MR) is 86.4 cm³/mol. The van der Waals surface area contributed by atoms with Crippen LogP contribution in [0.15, 0.2) is 54.6 Å². The monoisotopic (exact) mass is 292 g/mol. The van der Waals surface area contributed by atoms with Gasteiger partial charge in [-0.2, -0.15) is 5.26 Å². The number of hydrogen-bond donors (Lipinski definition) is 1. The van der Waals surface area contributed by atoms with E-state index in [0.29, 0.717) is 17.9 Å². The lowest BCUT2D eigenvalue weighted by Crippen LogP contribution is -2.07. The molecule has 0 bridgehead atoms. The number of carbonyl (C=O) groups is 1. The summed E-state index contributed by atoms with van der Waals surface area (Å²) in [5.41, 5.74) is 2.01. The van der Waals surface area contributed by atoms with Crippen molar-refractivity contribution < 1.29 is 9.53 Å². The van der Waals surface area contributed by atoms with Crippen LogP contribution in [-0.4, -0.2) is 12.5 Å². The molecule has 2 aromatic carbocycles. The molecule has 0 aromatic heterocycles. The van der Waals surface area contributed by atoms with Crippen LogP contribution in [0.5, 0.6) is 5.75 Å². The van der Waals surface area contributed by atoms with Crippen LogP contribution >= 0.6 is 0 Å². The number of amides is 1. The molecule has 0 radical (unpaired) electrons. The third-order valence-corrected chi connectivity index (χ3v) is 2.88. The maximum Gasteiger partial charge on any atom is 0.248 e. The first kappa shape index (κ1) is 15.3. The molecule has 2 aromatic rings. The Morgan fingerprint density at radius 3 is 2.73 bits per heavy atom. The summed E-state index contributed by atoms with van der Waals surface area (Å²) in [4.78, 5) is 11.8. The van der Waals surface area contributed by atoms with Gasteiger partial charge >= 0.3 is 0 Å². The van der Waals surface area contributed by atoms with Gasteiger partial charge in [-0.05, 0) is 48.9 Å². The topological polar surface area (TPSA) is 62.1 Å². The van der Waals surface area contributed by atoms with Gasteiger partial charge in [0.05, 0.1) is 18.2 Å². The fourth-order valence-electron chi connectivity index (χ4n) is 1.86. The largest absolute Gasteiger partial charge is 0.494 e. The van der Waals surface area contributed by atoms with Crippen molar-refractivity contribution in [2.45, 2.75) is 6.92 Å². The van der Waals surface area contributed by atoms with Gasteiger partial charge in [0, 0.05) is 11.8 Å². The number of nitriles is 1. The van der Waals surface area contributed by atoms with Crippen molar-refractivity contribution in [3.63, 3.8) is 0 Å². The van der Waals surface area contributed by atoms with E-state index in [-0.39, 0.29) is 5.91 Å². The van der Waals surface area contributed by atoms with Crippen molar-refractivity contribution in [3.8, 4) is 11.8 Å². The van der Waals surface area contributed by atoms with Crippen LogP contribution in [0, 0.1) is 11.3 Å². The minimum Gasteiger partial charge on any atom is -0.494 e. The molecule has 0 atom stereocenters. The number of ether oxygens (including phenoxy) is 1. The van der Waals surface area contributed by atoms with E-state index in [1.54, 1.807) is 30.3 Å². The summed E-state index contributed by atoms with van der Waals surface area (Å²) in [6.07, 6.45) is 3.17. The van der Waals surface area contributed by atoms with E-state index in [1.165, 1.54) is 6.08 Å². The number of anilines is 1. The van der Waals surface area contributed by atoms with Crippen LogP contribution in [0.3, 0.4) is 0 Å². The summed E-state index contributed by atoms with van der Waals surface area (Å²) in [6, 6.07) is 16.3. The zero-order valence-corrected chi connectivity index (χ0v) is 12.2. The molecule has 0 aliphatic rings. The molecule has 0 fully saturated rings. The van der Waals surface area contributed by atoms with E-state index in [9.17, 15) is 4.79 Å². The van der Waals surface area contributed by atoms with Crippen molar-refractivity contribution in [3.05, 3.63) is 65.7 Å². The number of rotatable bonds is 5. The van der Waals surface area contributed by atoms with Gasteiger partial charge in [-0.25, -0.2) is 0 Å². The summed E-state index contributed by atoms with van der Waals surface area (Å²) < 4.78 is 5.36. The summed E-state index contributed by atoms with van der Waals surface area (Å²) in [5, 5.41) is 11.5. The molecule has 2 rings (SSSR count). The molecule has 0 aliphatic heterocycles. The summed E-state index contributed by atoms with van der Waals surface area (Å²) in [6.45, 7) is 2.55. The summed E-state index contributed by atoms with van der Waals surface area (Å²) in [5.74, 6) is 0.557. The lowest BCUT2D eigenvalue weighted by molar-refractivity contribution is -0.111. The van der Waals surface area contributed by atoms with Gasteiger partial charge < -0.3 is 10.1 Å². The Morgan fingerprint density at radius 2 is 2.05 bits per heavy atom. The van der Waals surface area contributed by atoms with E-state index in [2.05, 4.69) is 5.32 Å². The van der Waals surface area contributed by atoms with E-state index in [1.807, 2.05) is 37.3 Å². The Balaban J connectivity index is 1.97. The first-order valence-corrected chi connectivity index (χ1v) is 6.93. The van der Waals surface area contributed by atoms with Crippen molar-refractivity contribution in [1.82, 2.24) is 0 Å². The maximum atomic E-state index is 11.8. The van der Waals surface area contributed by atoms with Crippen LogP contribution < -0.4 is 10.1 Å². The number of hydrogen-bond acceptors (Lipinski definition) is 3. The summed E-state index contributed by atoms with van der Waals surface area (Å²) >= 11 is 0. The van der Waals surface area contributed by atoms with Crippen LogP contribution in [0.1, 0.15) is 18.1 Å². The minimum absolute atomic E-state index is 0.246. The van der Waals surface area contributed by atoms with Crippen molar-refractivity contribution in [2.24, 2.45) is 0 Å². The third kappa shape index (κ3) is 4.50. The molecular formula is C18H16N2O2. The Bertz CT molecular complexity index is 713. The number of carbonyl (C=O) groups excluding carboxylic acids is 1. The standard InChI is InChI=1S/C18H16N2O2/c1-2-22-17-9-6-14(7-10-17)8-11-18(21)20-16-5-3-4-15(12-16)13-19/h3-12H,2H2,1H3,(H,20,21)/b11-8+. The molecule has 0 aliphatic carbocycles. The van der Waals surface area contributed by atoms with Gasteiger partial charge in [-0.1, -0.05) is 18.2 Å². The first-order valence-electron chi connectivity index (χ1n) is 6.93. The normalized spacial score (nSPS) is 10.2. The molecule has 1 N–H and O–H groups in total. The molecule has 4 heteroatoms. The van der Waals surface area contributed by atoms with Crippen LogP contribution in [-0.2, 0) is 4.79 Å². The second-order valence-electron chi connectivity index (χ2n) is 4.52. The smallest absolute Gasteiger partial charge is 0.248 e. The van der Waals surface area contributed by atoms with E-state index >= 15 is 0 Å². The fourth-order valence-corrected chi connectivity index (χ4v) is 1.86. The van der Waals surface area contributed by atoms with E-state index < -0.39 is 0 Å². The highest BCUT2D eigenvalue weighted by Gasteiger charge is 1.99. The van der Waals surface area contributed by atoms with Gasteiger partial charge in [-0.3, -0.25) is 4.79 Å². The highest BCUT2D eigenvalue weighted by Crippen LogP contribution is 2.13. The first-order chi connectivity index (χ1) is 10.7. The third-order valence-electron chi connectivity index (χ3n) is 2.88. The Hall–Kier alpha value is -3.06. The van der Waals surface area contributed by atoms with Crippen molar-refractivity contribution in [1.29, 1.82) is 5.26 Å². The van der Waals surface area contributed by atoms with Crippen LogP contribution in [0.4, 0.5) is 5.69 Å². The van der Waals surface area contributed by atoms with Gasteiger partial charge in [0.15, 0.2) is 0 Å². The maximum absolute atomic E-state index is 11.8. The van der Waals surface area contributed by atoms with Gasteiger partial charge in [0.25, 0.3) is 0 Å². The predicted octanol–water partition coefficient (Wildman–Crippen LogP) is 3.61. The molecule has 0 spiro atoms. The van der Waals surface area contributed by atoms with Crippen LogP contribution in [0.25, 0.3) is 6.08 Å². The van der Waals surface area contributed by atoms with Gasteiger partial charge in [0.1, 0.15) is 5.75 Å². The number of benzene rings is 2. The van der Waals surface area contributed by atoms with E-state index in [0.717, 1.165) is 11.3 Å². The average Bonchev–Trinajstić information content (AvgIpc) is 2.55. The lowest BCUT2D eigenvalue weighted by atomic mass is 10.2. The number of nitrogens with zero attached hydrogens (tertiary/aromatic N) is 1. The fraction of sp³-hybridized carbons (Fsp3) is 0.111. The molecule has 0 saturated heterocycles. The lowest BCUT2D eigenvalue weighted by Gasteiger charge is -2.03. The minimum atomic E-state index is -0.246. The SMILES string of the molecule is CCOc1ccc(/C=C/C(=O)Nc2cccc(C#N)c2)cc1. The van der Waals surface area contributed by atoms with Crippen LogP contribution in [0.2, 0.25) is 0 Å². The van der Waals surface area contributed by atoms with Gasteiger partial charge in [0.2, 0.25) is 5.91 Å².